The number of amides is 1. The fourth-order valence-electron chi connectivity index (χ4n) is 1.57. The first-order chi connectivity index (χ1) is 7.62. The third-order valence-electron chi connectivity index (χ3n) is 2.65. The molecule has 0 bridgehead atoms. The molecule has 1 atom stereocenters. The predicted molar refractivity (Wildman–Crippen MR) is 64.4 cm³/mol. The lowest BCUT2D eigenvalue weighted by Gasteiger charge is -2.24. The fourth-order valence-corrected chi connectivity index (χ4v) is 1.57. The maximum Gasteiger partial charge on any atom is 0.233 e. The van der Waals surface area contributed by atoms with E-state index in [-0.39, 0.29) is 11.7 Å². The van der Waals surface area contributed by atoms with Gasteiger partial charge in [0.2, 0.25) is 5.91 Å². The largest absolute Gasteiger partial charge is 0.409 e. The topological polar surface area (TPSA) is 78.9 Å². The van der Waals surface area contributed by atoms with E-state index in [0.29, 0.717) is 13.0 Å². The number of rotatable bonds is 7. The second-order valence-corrected chi connectivity index (χ2v) is 3.76. The number of amidine groups is 1. The van der Waals surface area contributed by atoms with Crippen LogP contribution in [0.25, 0.3) is 0 Å². The number of nitrogens with two attached hydrogens (primary N) is 1. The summed E-state index contributed by atoms with van der Waals surface area (Å²) in [6.45, 7) is 7.27. The molecule has 0 saturated heterocycles. The van der Waals surface area contributed by atoms with Crippen molar-refractivity contribution in [2.75, 3.05) is 13.1 Å². The van der Waals surface area contributed by atoms with E-state index in [0.717, 1.165) is 19.4 Å². The van der Waals surface area contributed by atoms with E-state index in [1.807, 2.05) is 13.8 Å². The molecule has 0 aliphatic rings. The van der Waals surface area contributed by atoms with E-state index in [9.17, 15) is 4.79 Å². The maximum absolute atomic E-state index is 12.1. The van der Waals surface area contributed by atoms with Gasteiger partial charge in [-0.05, 0) is 19.8 Å². The van der Waals surface area contributed by atoms with Gasteiger partial charge in [-0.1, -0.05) is 25.4 Å². The molecule has 5 nitrogen and oxygen atoms in total. The number of nitrogens with zero attached hydrogens (tertiary/aromatic N) is 2. The van der Waals surface area contributed by atoms with Crippen LogP contribution in [-0.2, 0) is 4.79 Å². The second kappa shape index (κ2) is 7.96. The molecule has 0 rings (SSSR count). The van der Waals surface area contributed by atoms with Gasteiger partial charge in [-0.3, -0.25) is 4.79 Å². The summed E-state index contributed by atoms with van der Waals surface area (Å²) < 4.78 is 0. The molecule has 0 aromatic carbocycles. The Balaban J connectivity index is 4.57. The molecule has 0 spiro atoms. The summed E-state index contributed by atoms with van der Waals surface area (Å²) in [5.41, 5.74) is 5.50. The third-order valence-corrected chi connectivity index (χ3v) is 2.65. The van der Waals surface area contributed by atoms with Gasteiger partial charge < -0.3 is 15.8 Å². The SMILES string of the molecule is CCCCN(CC)C(=O)C(CC)C(N)=NO. The predicted octanol–water partition coefficient (Wildman–Crippen LogP) is 1.41. The van der Waals surface area contributed by atoms with E-state index < -0.39 is 5.92 Å². The highest BCUT2D eigenvalue weighted by atomic mass is 16.4. The van der Waals surface area contributed by atoms with Crippen molar-refractivity contribution in [3.63, 3.8) is 0 Å². The van der Waals surface area contributed by atoms with Gasteiger partial charge in [0.1, 0.15) is 0 Å². The quantitative estimate of drug-likeness (QED) is 0.300. The van der Waals surface area contributed by atoms with Gasteiger partial charge in [-0.2, -0.15) is 0 Å². The van der Waals surface area contributed by atoms with Gasteiger partial charge >= 0.3 is 0 Å². The van der Waals surface area contributed by atoms with Crippen LogP contribution in [0.5, 0.6) is 0 Å². The second-order valence-electron chi connectivity index (χ2n) is 3.76. The minimum absolute atomic E-state index is 0.00227. The molecule has 0 aliphatic heterocycles. The summed E-state index contributed by atoms with van der Waals surface area (Å²) in [5, 5.41) is 11.5. The zero-order valence-corrected chi connectivity index (χ0v) is 10.4. The summed E-state index contributed by atoms with van der Waals surface area (Å²) in [4.78, 5) is 13.8. The van der Waals surface area contributed by atoms with Crippen LogP contribution in [0.2, 0.25) is 0 Å². The summed E-state index contributed by atoms with van der Waals surface area (Å²) in [5.74, 6) is -0.544. The van der Waals surface area contributed by atoms with Gasteiger partial charge in [0.15, 0.2) is 5.84 Å². The van der Waals surface area contributed by atoms with Crippen molar-refractivity contribution in [2.24, 2.45) is 16.8 Å². The molecule has 0 heterocycles. The van der Waals surface area contributed by atoms with Crippen molar-refractivity contribution in [1.82, 2.24) is 4.90 Å². The molecule has 0 aliphatic carbocycles. The van der Waals surface area contributed by atoms with Crippen LogP contribution < -0.4 is 5.73 Å². The first kappa shape index (κ1) is 14.7. The van der Waals surface area contributed by atoms with Gasteiger partial charge in [-0.15, -0.1) is 0 Å². The van der Waals surface area contributed by atoms with Crippen molar-refractivity contribution in [1.29, 1.82) is 0 Å². The lowest BCUT2D eigenvalue weighted by molar-refractivity contribution is -0.133. The minimum atomic E-state index is -0.498. The fraction of sp³-hybridized carbons (Fsp3) is 0.818. The molecular formula is C11H23N3O2. The monoisotopic (exact) mass is 229 g/mol. The normalized spacial score (nSPS) is 13.6. The van der Waals surface area contributed by atoms with Crippen LogP contribution in [0.1, 0.15) is 40.0 Å². The highest BCUT2D eigenvalue weighted by Crippen LogP contribution is 2.09. The zero-order valence-electron chi connectivity index (χ0n) is 10.4. The highest BCUT2D eigenvalue weighted by Gasteiger charge is 2.25. The van der Waals surface area contributed by atoms with E-state index in [1.165, 1.54) is 0 Å². The van der Waals surface area contributed by atoms with E-state index in [2.05, 4.69) is 12.1 Å². The Morgan fingerprint density at radius 1 is 1.44 bits per heavy atom. The smallest absolute Gasteiger partial charge is 0.233 e. The molecule has 94 valence electrons. The molecule has 3 N–H and O–H groups in total. The van der Waals surface area contributed by atoms with E-state index in [1.54, 1.807) is 4.90 Å². The highest BCUT2D eigenvalue weighted by molar-refractivity contribution is 6.01. The standard InChI is InChI=1S/C11H23N3O2/c1-4-7-8-14(6-3)11(15)9(5-2)10(12)13-16/h9,16H,4-8H2,1-3H3,(H2,12,13). The number of carbonyl (C=O) groups is 1. The number of hydrogen-bond acceptors (Lipinski definition) is 3. The van der Waals surface area contributed by atoms with Crippen molar-refractivity contribution in [2.45, 2.75) is 40.0 Å². The van der Waals surface area contributed by atoms with Crippen molar-refractivity contribution >= 4 is 11.7 Å². The van der Waals surface area contributed by atoms with Gasteiger partial charge in [-0.25, -0.2) is 0 Å². The average molecular weight is 229 g/mol. The molecule has 5 heteroatoms. The molecule has 0 aromatic rings. The molecule has 16 heavy (non-hydrogen) atoms. The van der Waals surface area contributed by atoms with Crippen molar-refractivity contribution in [3.05, 3.63) is 0 Å². The Morgan fingerprint density at radius 3 is 2.44 bits per heavy atom. The van der Waals surface area contributed by atoms with Crippen LogP contribution in [0.15, 0.2) is 5.16 Å². The lowest BCUT2D eigenvalue weighted by Crippen LogP contribution is -2.42. The van der Waals surface area contributed by atoms with E-state index in [4.69, 9.17) is 10.9 Å². The summed E-state index contributed by atoms with van der Waals surface area (Å²) in [6, 6.07) is 0. The van der Waals surface area contributed by atoms with Crippen LogP contribution in [0.4, 0.5) is 0 Å². The van der Waals surface area contributed by atoms with Crippen LogP contribution in [0, 0.1) is 5.92 Å². The minimum Gasteiger partial charge on any atom is -0.409 e. The lowest BCUT2D eigenvalue weighted by atomic mass is 10.0. The van der Waals surface area contributed by atoms with Crippen LogP contribution >= 0.6 is 0 Å². The van der Waals surface area contributed by atoms with Crippen LogP contribution in [-0.4, -0.2) is 34.9 Å². The molecule has 0 radical (unpaired) electrons. The Kier molecular flexibility index (Phi) is 7.33. The van der Waals surface area contributed by atoms with Gasteiger partial charge in [0.05, 0.1) is 5.92 Å². The van der Waals surface area contributed by atoms with Crippen molar-refractivity contribution in [3.8, 4) is 0 Å². The van der Waals surface area contributed by atoms with Gasteiger partial charge in [0, 0.05) is 13.1 Å². The molecule has 1 amide bonds. The molecule has 0 aromatic heterocycles. The Bertz CT molecular complexity index is 241. The molecular weight excluding hydrogens is 206 g/mol. The number of oxime groups is 1. The summed E-state index contributed by atoms with van der Waals surface area (Å²) >= 11 is 0. The number of carbonyl (C=O) groups excluding carboxylic acids is 1. The Morgan fingerprint density at radius 2 is 2.06 bits per heavy atom. The maximum atomic E-state index is 12.1. The summed E-state index contributed by atoms with van der Waals surface area (Å²) in [7, 11) is 0. The third kappa shape index (κ3) is 4.08. The number of unbranched alkanes of at least 4 members (excludes halogenated alkanes) is 1. The molecule has 1 unspecified atom stereocenters. The first-order valence-corrected chi connectivity index (χ1v) is 5.88. The molecule has 0 saturated carbocycles. The average Bonchev–Trinajstić information content (AvgIpc) is 2.30. The van der Waals surface area contributed by atoms with Gasteiger partial charge in [0.25, 0.3) is 0 Å². The number of hydrogen-bond donors (Lipinski definition) is 2. The Hall–Kier alpha value is -1.26. The summed E-state index contributed by atoms with van der Waals surface area (Å²) in [6.07, 6.45) is 2.58. The first-order valence-electron chi connectivity index (χ1n) is 5.88. The van der Waals surface area contributed by atoms with Crippen molar-refractivity contribution < 1.29 is 10.0 Å². The van der Waals surface area contributed by atoms with E-state index >= 15 is 0 Å². The Labute approximate surface area is 97.3 Å². The van der Waals surface area contributed by atoms with Crippen LogP contribution in [0.3, 0.4) is 0 Å². The molecule has 0 fully saturated rings. The zero-order chi connectivity index (χ0) is 12.6.